The van der Waals surface area contributed by atoms with Crippen molar-refractivity contribution < 1.29 is 9.53 Å². The highest BCUT2D eigenvalue weighted by Gasteiger charge is 2.36. The molecule has 1 aromatic rings. The number of carbonyl (C=O) groups excluding carboxylic acids is 1. The molecule has 5 heteroatoms. The monoisotopic (exact) mass is 413 g/mol. The van der Waals surface area contributed by atoms with Gasteiger partial charge in [-0.05, 0) is 82.0 Å². The summed E-state index contributed by atoms with van der Waals surface area (Å²) in [6, 6.07) is 6.47. The highest BCUT2D eigenvalue weighted by molar-refractivity contribution is 5.89. The van der Waals surface area contributed by atoms with Crippen molar-refractivity contribution >= 4 is 11.8 Å². The number of nitrogens with zero attached hydrogens (tertiary/aromatic N) is 2. The Balaban J connectivity index is 1.49. The number of fused-ring (bicyclic) bond motifs is 1. The van der Waals surface area contributed by atoms with E-state index in [0.717, 1.165) is 24.2 Å². The molecule has 0 radical (unpaired) electrons. The summed E-state index contributed by atoms with van der Waals surface area (Å²) < 4.78 is 5.62. The normalized spacial score (nSPS) is 24.5. The van der Waals surface area contributed by atoms with Crippen molar-refractivity contribution in [2.75, 3.05) is 24.5 Å². The van der Waals surface area contributed by atoms with E-state index in [9.17, 15) is 4.79 Å². The zero-order valence-corrected chi connectivity index (χ0v) is 19.1. The van der Waals surface area contributed by atoms with Crippen LogP contribution in [0.5, 0.6) is 0 Å². The molecule has 0 unspecified atom stereocenters. The first-order chi connectivity index (χ1) is 14.2. The van der Waals surface area contributed by atoms with E-state index in [0.29, 0.717) is 12.0 Å². The van der Waals surface area contributed by atoms with Crippen LogP contribution in [0.25, 0.3) is 0 Å². The van der Waals surface area contributed by atoms with Gasteiger partial charge in [0.15, 0.2) is 0 Å². The Morgan fingerprint density at radius 3 is 2.60 bits per heavy atom. The van der Waals surface area contributed by atoms with E-state index in [1.807, 2.05) is 20.8 Å². The van der Waals surface area contributed by atoms with Gasteiger partial charge in [-0.25, -0.2) is 4.79 Å². The molecular formula is C25H39N3O2. The van der Waals surface area contributed by atoms with Crippen molar-refractivity contribution in [1.29, 1.82) is 0 Å². The molecule has 1 amide bonds. The van der Waals surface area contributed by atoms with Crippen molar-refractivity contribution in [2.45, 2.75) is 90.3 Å². The van der Waals surface area contributed by atoms with E-state index in [2.05, 4.69) is 23.1 Å². The Morgan fingerprint density at radius 1 is 1.13 bits per heavy atom. The maximum atomic E-state index is 12.7. The van der Waals surface area contributed by atoms with Gasteiger partial charge < -0.3 is 10.5 Å². The molecule has 166 valence electrons. The summed E-state index contributed by atoms with van der Waals surface area (Å²) in [6.45, 7) is 9.73. The molecular weight excluding hydrogens is 374 g/mol. The van der Waals surface area contributed by atoms with Crippen LogP contribution in [0, 0.1) is 5.41 Å². The number of hydrogen-bond donors (Lipinski definition) is 1. The molecule has 2 aliphatic heterocycles. The minimum Gasteiger partial charge on any atom is -0.443 e. The van der Waals surface area contributed by atoms with Gasteiger partial charge in [-0.3, -0.25) is 9.80 Å². The van der Waals surface area contributed by atoms with Crippen LogP contribution >= 0.6 is 0 Å². The standard InChI is InChI=1S/C25H39N3O2/c1-24(2,3)30-23(29)28-15-10-21(26)20-16-19(8-9-22(20)28)17-27-14-7-13-25(18-27)11-5-4-6-12-25/h8-9,16,21H,4-7,10-15,17-18,26H2,1-3H3/t21-/m1/s1. The second-order valence-electron chi connectivity index (χ2n) is 10.8. The van der Waals surface area contributed by atoms with Crippen LogP contribution in [0.2, 0.25) is 0 Å². The predicted octanol–water partition coefficient (Wildman–Crippen LogP) is 5.38. The van der Waals surface area contributed by atoms with Gasteiger partial charge in [0.1, 0.15) is 5.60 Å². The molecule has 3 aliphatic rings. The maximum Gasteiger partial charge on any atom is 0.414 e. The van der Waals surface area contributed by atoms with Crippen molar-refractivity contribution in [3.05, 3.63) is 29.3 Å². The van der Waals surface area contributed by atoms with Crippen LogP contribution in [0.4, 0.5) is 10.5 Å². The van der Waals surface area contributed by atoms with E-state index in [1.54, 1.807) is 4.90 Å². The lowest BCUT2D eigenvalue weighted by Crippen LogP contribution is -2.44. The third-order valence-electron chi connectivity index (χ3n) is 7.12. The minimum absolute atomic E-state index is 0.0234. The van der Waals surface area contributed by atoms with Gasteiger partial charge in [-0.15, -0.1) is 0 Å². The van der Waals surface area contributed by atoms with E-state index < -0.39 is 5.60 Å². The summed E-state index contributed by atoms with van der Waals surface area (Å²) in [5.74, 6) is 0. The van der Waals surface area contributed by atoms with Gasteiger partial charge in [0, 0.05) is 25.7 Å². The van der Waals surface area contributed by atoms with E-state index in [-0.39, 0.29) is 12.1 Å². The molecule has 1 saturated heterocycles. The Morgan fingerprint density at radius 2 is 1.87 bits per heavy atom. The lowest BCUT2D eigenvalue weighted by Gasteiger charge is -2.45. The molecule has 1 spiro atoms. The Bertz CT molecular complexity index is 759. The molecule has 0 aromatic heterocycles. The summed E-state index contributed by atoms with van der Waals surface area (Å²) in [7, 11) is 0. The fourth-order valence-corrected chi connectivity index (χ4v) is 5.71. The number of nitrogens with two attached hydrogens (primary N) is 1. The zero-order chi connectivity index (χ0) is 21.4. The van der Waals surface area contributed by atoms with Crippen LogP contribution < -0.4 is 10.6 Å². The predicted molar refractivity (Wildman–Crippen MR) is 122 cm³/mol. The van der Waals surface area contributed by atoms with Crippen LogP contribution in [-0.4, -0.2) is 36.2 Å². The molecule has 4 rings (SSSR count). The van der Waals surface area contributed by atoms with Crippen LogP contribution in [0.1, 0.15) is 89.3 Å². The molecule has 2 heterocycles. The average molecular weight is 414 g/mol. The quantitative estimate of drug-likeness (QED) is 0.707. The van der Waals surface area contributed by atoms with Gasteiger partial charge in [-0.2, -0.15) is 0 Å². The molecule has 2 fully saturated rings. The molecule has 1 aromatic carbocycles. The minimum atomic E-state index is -0.500. The Labute approximate surface area is 181 Å². The number of benzene rings is 1. The first kappa shape index (κ1) is 21.6. The van der Waals surface area contributed by atoms with E-state index >= 15 is 0 Å². The highest BCUT2D eigenvalue weighted by Crippen LogP contribution is 2.43. The third-order valence-corrected chi connectivity index (χ3v) is 7.12. The number of likely N-dealkylation sites (tertiary alicyclic amines) is 1. The van der Waals surface area contributed by atoms with Gasteiger partial charge in [0.2, 0.25) is 0 Å². The summed E-state index contributed by atoms with van der Waals surface area (Å²) in [4.78, 5) is 17.1. The first-order valence-corrected chi connectivity index (χ1v) is 11.9. The lowest BCUT2D eigenvalue weighted by molar-refractivity contribution is 0.0493. The smallest absolute Gasteiger partial charge is 0.414 e. The largest absolute Gasteiger partial charge is 0.443 e. The molecule has 0 bridgehead atoms. The van der Waals surface area contributed by atoms with Crippen molar-refractivity contribution in [2.24, 2.45) is 11.1 Å². The van der Waals surface area contributed by atoms with Gasteiger partial charge >= 0.3 is 6.09 Å². The Kier molecular flexibility index (Phi) is 6.13. The van der Waals surface area contributed by atoms with Gasteiger partial charge in [-0.1, -0.05) is 31.4 Å². The summed E-state index contributed by atoms with van der Waals surface area (Å²) in [5.41, 5.74) is 9.82. The third kappa shape index (κ3) is 4.83. The van der Waals surface area contributed by atoms with Gasteiger partial charge in [0.25, 0.3) is 0 Å². The molecule has 1 atom stereocenters. The van der Waals surface area contributed by atoms with Crippen LogP contribution in [0.3, 0.4) is 0 Å². The Hall–Kier alpha value is -1.59. The molecule has 30 heavy (non-hydrogen) atoms. The molecule has 1 aliphatic carbocycles. The second kappa shape index (κ2) is 8.51. The molecule has 5 nitrogen and oxygen atoms in total. The van der Waals surface area contributed by atoms with E-state index in [1.165, 1.54) is 63.6 Å². The topological polar surface area (TPSA) is 58.8 Å². The van der Waals surface area contributed by atoms with Crippen molar-refractivity contribution in [1.82, 2.24) is 4.90 Å². The summed E-state index contributed by atoms with van der Waals surface area (Å²) >= 11 is 0. The number of amides is 1. The fraction of sp³-hybridized carbons (Fsp3) is 0.720. The number of anilines is 1. The highest BCUT2D eigenvalue weighted by atomic mass is 16.6. The zero-order valence-electron chi connectivity index (χ0n) is 19.1. The maximum absolute atomic E-state index is 12.7. The second-order valence-corrected chi connectivity index (χ2v) is 10.8. The number of piperidine rings is 1. The summed E-state index contributed by atoms with van der Waals surface area (Å²) in [5, 5.41) is 0. The number of carbonyl (C=O) groups is 1. The lowest BCUT2D eigenvalue weighted by atomic mass is 9.69. The molecule has 2 N–H and O–H groups in total. The van der Waals surface area contributed by atoms with Crippen LogP contribution in [-0.2, 0) is 11.3 Å². The summed E-state index contributed by atoms with van der Waals surface area (Å²) in [6.07, 6.45) is 10.2. The first-order valence-electron chi connectivity index (χ1n) is 11.9. The van der Waals surface area contributed by atoms with Crippen molar-refractivity contribution in [3.63, 3.8) is 0 Å². The van der Waals surface area contributed by atoms with Crippen molar-refractivity contribution in [3.8, 4) is 0 Å². The SMILES string of the molecule is CC(C)(C)OC(=O)N1CC[C@@H](N)c2cc(CN3CCCC4(CCCCC4)C3)ccc21. The van der Waals surface area contributed by atoms with Gasteiger partial charge in [0.05, 0.1) is 5.69 Å². The molecule has 1 saturated carbocycles. The average Bonchev–Trinajstić information content (AvgIpc) is 2.68. The fourth-order valence-electron chi connectivity index (χ4n) is 5.71. The number of hydrogen-bond acceptors (Lipinski definition) is 4. The van der Waals surface area contributed by atoms with Crippen LogP contribution in [0.15, 0.2) is 18.2 Å². The number of ether oxygens (including phenoxy) is 1. The number of rotatable bonds is 2. The van der Waals surface area contributed by atoms with E-state index in [4.69, 9.17) is 10.5 Å².